The minimum absolute atomic E-state index is 0.0374. The van der Waals surface area contributed by atoms with Crippen LogP contribution in [0.25, 0.3) is 0 Å². The molecule has 2 heterocycles. The molecule has 2 saturated carbocycles. The molecule has 1 aliphatic heterocycles. The van der Waals surface area contributed by atoms with E-state index in [1.807, 2.05) is 6.92 Å². The molecular weight excluding hydrogens is 449 g/mol. The van der Waals surface area contributed by atoms with E-state index in [4.69, 9.17) is 11.6 Å². The van der Waals surface area contributed by atoms with Gasteiger partial charge in [0.1, 0.15) is 11.4 Å². The highest BCUT2D eigenvalue weighted by Gasteiger charge is 2.53. The van der Waals surface area contributed by atoms with E-state index in [1.165, 1.54) is 18.3 Å². The van der Waals surface area contributed by atoms with Gasteiger partial charge in [0, 0.05) is 24.8 Å². The van der Waals surface area contributed by atoms with Crippen LogP contribution in [-0.4, -0.2) is 39.0 Å². The van der Waals surface area contributed by atoms with Gasteiger partial charge < -0.3 is 19.9 Å². The Morgan fingerprint density at radius 3 is 2.73 bits per heavy atom. The molecule has 1 spiro atoms. The second-order valence-corrected chi connectivity index (χ2v) is 9.75. The van der Waals surface area contributed by atoms with Crippen molar-refractivity contribution in [3.63, 3.8) is 0 Å². The summed E-state index contributed by atoms with van der Waals surface area (Å²) >= 11 is 5.79. The molecule has 174 valence electrons. The fraction of sp³-hybridized carbons (Fsp3) is 0.458. The lowest BCUT2D eigenvalue weighted by molar-refractivity contribution is 0.0343. The number of aromatic hydroxyl groups is 1. The summed E-state index contributed by atoms with van der Waals surface area (Å²) in [5.74, 6) is -2.50. The van der Waals surface area contributed by atoms with Crippen LogP contribution in [0.3, 0.4) is 0 Å². The summed E-state index contributed by atoms with van der Waals surface area (Å²) in [5, 5.41) is 13.2. The normalized spacial score (nSPS) is 22.6. The van der Waals surface area contributed by atoms with E-state index in [1.54, 1.807) is 15.5 Å². The molecule has 0 bridgehead atoms. The van der Waals surface area contributed by atoms with Crippen LogP contribution in [-0.2, 0) is 6.54 Å². The molecule has 2 aromatic rings. The SMILES string of the molecule is CCN1C(=O)c2c(O)c(=O)c(C(=O)NCc3cccc(Cl)c3F)cn2[C@H]2CCC3(CC3)C[C@H]21. The Bertz CT molecular complexity index is 1220. The minimum atomic E-state index is -0.914. The lowest BCUT2D eigenvalue weighted by atomic mass is 9.77. The van der Waals surface area contributed by atoms with Crippen molar-refractivity contribution in [2.24, 2.45) is 5.41 Å². The van der Waals surface area contributed by atoms with Gasteiger partial charge in [0.25, 0.3) is 11.8 Å². The van der Waals surface area contributed by atoms with Crippen LogP contribution in [0.5, 0.6) is 5.75 Å². The minimum Gasteiger partial charge on any atom is -0.503 e. The van der Waals surface area contributed by atoms with Gasteiger partial charge >= 0.3 is 0 Å². The van der Waals surface area contributed by atoms with E-state index >= 15 is 0 Å². The predicted molar refractivity (Wildman–Crippen MR) is 120 cm³/mol. The summed E-state index contributed by atoms with van der Waals surface area (Å²) in [7, 11) is 0. The van der Waals surface area contributed by atoms with Crippen LogP contribution in [0, 0.1) is 11.2 Å². The quantitative estimate of drug-likeness (QED) is 0.709. The van der Waals surface area contributed by atoms with Gasteiger partial charge in [-0.25, -0.2) is 4.39 Å². The Hall–Kier alpha value is -2.87. The van der Waals surface area contributed by atoms with Crippen molar-refractivity contribution < 1.29 is 19.1 Å². The highest BCUT2D eigenvalue weighted by Crippen LogP contribution is 2.59. The highest BCUT2D eigenvalue weighted by molar-refractivity contribution is 6.30. The molecule has 1 aromatic carbocycles. The zero-order valence-electron chi connectivity index (χ0n) is 18.2. The number of likely N-dealkylation sites (N-methyl/N-ethyl adjacent to an activating group) is 1. The number of benzene rings is 1. The van der Waals surface area contributed by atoms with Crippen molar-refractivity contribution in [2.75, 3.05) is 6.54 Å². The highest BCUT2D eigenvalue weighted by atomic mass is 35.5. The van der Waals surface area contributed by atoms with Crippen LogP contribution in [0.1, 0.15) is 71.5 Å². The van der Waals surface area contributed by atoms with Gasteiger partial charge in [-0.3, -0.25) is 14.4 Å². The number of nitrogens with zero attached hydrogens (tertiary/aromatic N) is 2. The molecule has 2 amide bonds. The number of amides is 2. The number of carbonyl (C=O) groups excluding carboxylic acids is 2. The number of hydrogen-bond acceptors (Lipinski definition) is 4. The molecule has 7 nitrogen and oxygen atoms in total. The molecule has 0 unspecified atom stereocenters. The Kier molecular flexibility index (Phi) is 5.23. The average Bonchev–Trinajstić information content (AvgIpc) is 3.55. The van der Waals surface area contributed by atoms with E-state index in [0.717, 1.165) is 32.1 Å². The second kappa shape index (κ2) is 7.87. The van der Waals surface area contributed by atoms with Crippen molar-refractivity contribution in [3.8, 4) is 5.75 Å². The third-order valence-electron chi connectivity index (χ3n) is 7.50. The molecule has 2 N–H and O–H groups in total. The Morgan fingerprint density at radius 2 is 2.03 bits per heavy atom. The molecule has 3 aliphatic rings. The van der Waals surface area contributed by atoms with Crippen LogP contribution in [0.2, 0.25) is 5.02 Å². The van der Waals surface area contributed by atoms with E-state index in [-0.39, 0.29) is 46.4 Å². The maximum absolute atomic E-state index is 14.2. The summed E-state index contributed by atoms with van der Waals surface area (Å²) in [4.78, 5) is 40.7. The fourth-order valence-corrected chi connectivity index (χ4v) is 5.67. The molecule has 0 radical (unpaired) electrons. The Labute approximate surface area is 195 Å². The first kappa shape index (κ1) is 21.9. The van der Waals surface area contributed by atoms with Gasteiger partial charge in [0.05, 0.1) is 17.1 Å². The summed E-state index contributed by atoms with van der Waals surface area (Å²) in [6.45, 7) is 2.20. The van der Waals surface area contributed by atoms with Crippen molar-refractivity contribution in [1.82, 2.24) is 14.8 Å². The zero-order chi connectivity index (χ0) is 23.5. The maximum atomic E-state index is 14.2. The summed E-state index contributed by atoms with van der Waals surface area (Å²) in [5.41, 5.74) is -0.778. The number of nitrogens with one attached hydrogen (secondary N) is 1. The predicted octanol–water partition coefficient (Wildman–Crippen LogP) is 3.63. The molecule has 33 heavy (non-hydrogen) atoms. The van der Waals surface area contributed by atoms with Crippen LogP contribution < -0.4 is 10.7 Å². The summed E-state index contributed by atoms with van der Waals surface area (Å²) < 4.78 is 15.8. The molecule has 0 saturated heterocycles. The van der Waals surface area contributed by atoms with Crippen LogP contribution in [0.4, 0.5) is 4.39 Å². The first-order valence-corrected chi connectivity index (χ1v) is 11.6. The second-order valence-electron chi connectivity index (χ2n) is 9.34. The molecule has 2 aliphatic carbocycles. The average molecular weight is 474 g/mol. The Balaban J connectivity index is 1.49. The third-order valence-corrected chi connectivity index (χ3v) is 7.79. The van der Waals surface area contributed by atoms with Gasteiger partial charge in [-0.15, -0.1) is 0 Å². The van der Waals surface area contributed by atoms with Crippen LogP contribution in [0.15, 0.2) is 29.2 Å². The smallest absolute Gasteiger partial charge is 0.274 e. The standard InChI is InChI=1S/C24H25ClFN3O4/c1-2-28-17-10-24(8-9-24)7-6-16(17)29-12-14(20(30)21(31)19(29)23(28)33)22(32)27-11-13-4-3-5-15(25)18(13)26/h3-5,12,16-17,31H,2,6-11H2,1H3,(H,27,32)/t16-,17+/m0/s1. The lowest BCUT2D eigenvalue weighted by Gasteiger charge is -2.48. The molecule has 1 aromatic heterocycles. The summed E-state index contributed by atoms with van der Waals surface area (Å²) in [6, 6.07) is 4.29. The van der Waals surface area contributed by atoms with E-state index in [9.17, 15) is 23.9 Å². The third kappa shape index (κ3) is 3.51. The molecule has 2 fully saturated rings. The summed E-state index contributed by atoms with van der Waals surface area (Å²) in [6.07, 6.45) is 6.42. The van der Waals surface area contributed by atoms with Crippen molar-refractivity contribution in [2.45, 2.75) is 57.7 Å². The van der Waals surface area contributed by atoms with Crippen molar-refractivity contribution in [1.29, 1.82) is 0 Å². The number of fused-ring (bicyclic) bond motifs is 3. The molecular formula is C24H25ClFN3O4. The Morgan fingerprint density at radius 1 is 1.27 bits per heavy atom. The number of rotatable bonds is 4. The number of halogens is 2. The topological polar surface area (TPSA) is 91.6 Å². The zero-order valence-corrected chi connectivity index (χ0v) is 19.0. The van der Waals surface area contributed by atoms with Crippen LogP contribution >= 0.6 is 11.6 Å². The van der Waals surface area contributed by atoms with E-state index in [0.29, 0.717) is 12.0 Å². The first-order valence-electron chi connectivity index (χ1n) is 11.3. The number of aromatic nitrogens is 1. The molecule has 9 heteroatoms. The van der Waals surface area contributed by atoms with Crippen molar-refractivity contribution >= 4 is 23.4 Å². The van der Waals surface area contributed by atoms with Gasteiger partial charge in [0.2, 0.25) is 5.43 Å². The molecule has 2 atom stereocenters. The monoisotopic (exact) mass is 473 g/mol. The molecule has 5 rings (SSSR count). The maximum Gasteiger partial charge on any atom is 0.274 e. The van der Waals surface area contributed by atoms with Gasteiger partial charge in [-0.1, -0.05) is 23.7 Å². The fourth-order valence-electron chi connectivity index (χ4n) is 5.48. The number of carbonyl (C=O) groups is 2. The number of hydrogen-bond donors (Lipinski definition) is 2. The number of pyridine rings is 1. The largest absolute Gasteiger partial charge is 0.503 e. The van der Waals surface area contributed by atoms with Crippen molar-refractivity contribution in [3.05, 3.63) is 62.3 Å². The lowest BCUT2D eigenvalue weighted by Crippen LogP contribution is -2.54. The first-order chi connectivity index (χ1) is 15.8. The van der Waals surface area contributed by atoms with E-state index in [2.05, 4.69) is 5.32 Å². The van der Waals surface area contributed by atoms with Gasteiger partial charge in [0.15, 0.2) is 11.4 Å². The van der Waals surface area contributed by atoms with Gasteiger partial charge in [-0.2, -0.15) is 0 Å². The van der Waals surface area contributed by atoms with Gasteiger partial charge in [-0.05, 0) is 50.5 Å². The van der Waals surface area contributed by atoms with E-state index < -0.39 is 22.9 Å².